The Bertz CT molecular complexity index is 1350. The van der Waals surface area contributed by atoms with E-state index in [2.05, 4.69) is 0 Å². The molecule has 1 saturated heterocycles. The van der Waals surface area contributed by atoms with Crippen LogP contribution in [0.1, 0.15) is 5.76 Å². The standard InChI is InChI=1S/C24H19N3O7S/c1-32-16-9-7-15(8-10-16)26-23(29)20(25(24(26)35)14-22(28)33-2)13-17-11-12-21(34-17)18-5-3-4-6-19(18)27(30)31/h3-13H,14H2,1-2H3/b20-13-. The van der Waals surface area contributed by atoms with Gasteiger partial charge in [0, 0.05) is 12.1 Å². The number of benzene rings is 2. The molecular weight excluding hydrogens is 474 g/mol. The van der Waals surface area contributed by atoms with Gasteiger partial charge in [-0.1, -0.05) is 12.1 Å². The molecule has 1 amide bonds. The first-order chi connectivity index (χ1) is 16.8. The summed E-state index contributed by atoms with van der Waals surface area (Å²) in [4.78, 5) is 38.9. The fraction of sp³-hybridized carbons (Fsp3) is 0.125. The number of para-hydroxylation sites is 1. The van der Waals surface area contributed by atoms with E-state index in [1.807, 2.05) is 0 Å². The highest BCUT2D eigenvalue weighted by molar-refractivity contribution is 7.80. The lowest BCUT2D eigenvalue weighted by atomic mass is 10.1. The van der Waals surface area contributed by atoms with Crippen LogP contribution in [0.5, 0.6) is 5.75 Å². The van der Waals surface area contributed by atoms with Crippen molar-refractivity contribution in [1.82, 2.24) is 4.90 Å². The molecule has 35 heavy (non-hydrogen) atoms. The molecule has 0 radical (unpaired) electrons. The zero-order valence-corrected chi connectivity index (χ0v) is 19.5. The third kappa shape index (κ3) is 4.62. The van der Waals surface area contributed by atoms with Crippen molar-refractivity contribution in [2.24, 2.45) is 0 Å². The van der Waals surface area contributed by atoms with E-state index in [-0.39, 0.29) is 34.6 Å². The molecule has 0 atom stereocenters. The molecule has 0 saturated carbocycles. The second-order valence-electron chi connectivity index (χ2n) is 7.29. The number of nitro groups is 1. The van der Waals surface area contributed by atoms with Gasteiger partial charge in [-0.15, -0.1) is 0 Å². The lowest BCUT2D eigenvalue weighted by Gasteiger charge is -2.19. The first-order valence-corrected chi connectivity index (χ1v) is 10.7. The fourth-order valence-electron chi connectivity index (χ4n) is 3.54. The van der Waals surface area contributed by atoms with Crippen molar-refractivity contribution in [3.8, 4) is 17.1 Å². The van der Waals surface area contributed by atoms with E-state index in [9.17, 15) is 19.7 Å². The minimum Gasteiger partial charge on any atom is -0.497 e. The first kappa shape index (κ1) is 23.6. The third-order valence-electron chi connectivity index (χ3n) is 5.25. The molecule has 2 aromatic carbocycles. The molecular formula is C24H19N3O7S. The average Bonchev–Trinajstić information content (AvgIpc) is 3.42. The summed E-state index contributed by atoms with van der Waals surface area (Å²) in [6.45, 7) is -0.294. The number of hydrogen-bond donors (Lipinski definition) is 0. The van der Waals surface area contributed by atoms with E-state index < -0.39 is 16.8 Å². The van der Waals surface area contributed by atoms with Crippen molar-refractivity contribution in [3.63, 3.8) is 0 Å². The van der Waals surface area contributed by atoms with E-state index >= 15 is 0 Å². The minimum absolute atomic E-state index is 0.0830. The van der Waals surface area contributed by atoms with Crippen molar-refractivity contribution < 1.29 is 28.4 Å². The number of anilines is 1. The SMILES string of the molecule is COC(=O)CN1C(=S)N(c2ccc(OC)cc2)C(=O)/C1=C/c1ccc(-c2ccccc2[N+](=O)[O-])o1. The topological polar surface area (TPSA) is 115 Å². The van der Waals surface area contributed by atoms with Gasteiger partial charge in [-0.2, -0.15) is 0 Å². The lowest BCUT2D eigenvalue weighted by molar-refractivity contribution is -0.384. The molecule has 1 fully saturated rings. The number of amides is 1. The van der Waals surface area contributed by atoms with E-state index in [0.717, 1.165) is 0 Å². The lowest BCUT2D eigenvalue weighted by Crippen LogP contribution is -2.35. The van der Waals surface area contributed by atoms with Gasteiger partial charge in [0.05, 0.1) is 30.4 Å². The van der Waals surface area contributed by atoms with E-state index in [0.29, 0.717) is 17.0 Å². The average molecular weight is 493 g/mol. The minimum atomic E-state index is -0.595. The molecule has 0 N–H and O–H groups in total. The number of nitro benzene ring substituents is 1. The van der Waals surface area contributed by atoms with E-state index in [4.69, 9.17) is 26.1 Å². The molecule has 2 heterocycles. The number of thiocarbonyl (C=S) groups is 1. The maximum Gasteiger partial charge on any atom is 0.325 e. The van der Waals surface area contributed by atoms with Crippen LogP contribution >= 0.6 is 12.2 Å². The highest BCUT2D eigenvalue weighted by Crippen LogP contribution is 2.33. The number of esters is 1. The number of carbonyl (C=O) groups is 2. The Kier molecular flexibility index (Phi) is 6.60. The molecule has 178 valence electrons. The largest absolute Gasteiger partial charge is 0.497 e. The van der Waals surface area contributed by atoms with Crippen LogP contribution in [0.2, 0.25) is 0 Å². The summed E-state index contributed by atoms with van der Waals surface area (Å²) < 4.78 is 15.7. The van der Waals surface area contributed by atoms with Crippen LogP contribution in [0.3, 0.4) is 0 Å². The predicted molar refractivity (Wildman–Crippen MR) is 131 cm³/mol. The number of rotatable bonds is 7. The monoisotopic (exact) mass is 493 g/mol. The third-order valence-corrected chi connectivity index (χ3v) is 5.66. The summed E-state index contributed by atoms with van der Waals surface area (Å²) in [5.74, 6) is 0.0291. The number of carbonyl (C=O) groups excluding carboxylic acids is 2. The van der Waals surface area contributed by atoms with Gasteiger partial charge in [-0.05, 0) is 54.7 Å². The smallest absolute Gasteiger partial charge is 0.325 e. The van der Waals surface area contributed by atoms with Gasteiger partial charge in [-0.25, -0.2) is 0 Å². The van der Waals surface area contributed by atoms with Crippen molar-refractivity contribution >= 4 is 46.7 Å². The highest BCUT2D eigenvalue weighted by Gasteiger charge is 2.40. The normalized spacial score (nSPS) is 14.5. The van der Waals surface area contributed by atoms with E-state index in [1.54, 1.807) is 54.6 Å². The number of nitrogens with zero attached hydrogens (tertiary/aromatic N) is 3. The summed E-state index contributed by atoms with van der Waals surface area (Å²) in [6.07, 6.45) is 1.43. The Morgan fingerprint density at radius 2 is 1.83 bits per heavy atom. The Morgan fingerprint density at radius 1 is 1.11 bits per heavy atom. The zero-order valence-electron chi connectivity index (χ0n) is 18.7. The maximum absolute atomic E-state index is 13.4. The second kappa shape index (κ2) is 9.77. The van der Waals surface area contributed by atoms with Crippen molar-refractivity contribution in [2.75, 3.05) is 25.7 Å². The summed E-state index contributed by atoms with van der Waals surface area (Å²) in [6, 6.07) is 16.0. The molecule has 0 aliphatic carbocycles. The van der Waals surface area contributed by atoms with Crippen LogP contribution in [0, 0.1) is 10.1 Å². The van der Waals surface area contributed by atoms with Gasteiger partial charge in [0.1, 0.15) is 29.5 Å². The fourth-order valence-corrected chi connectivity index (χ4v) is 3.89. The van der Waals surface area contributed by atoms with Crippen LogP contribution < -0.4 is 9.64 Å². The molecule has 0 bridgehead atoms. The number of methoxy groups -OCH3 is 2. The number of ether oxygens (including phenoxy) is 2. The Labute approximate surface area is 205 Å². The van der Waals surface area contributed by atoms with Gasteiger partial charge >= 0.3 is 5.97 Å². The van der Waals surface area contributed by atoms with Crippen LogP contribution in [0.15, 0.2) is 70.8 Å². The number of furan rings is 1. The maximum atomic E-state index is 13.4. The summed E-state index contributed by atoms with van der Waals surface area (Å²) in [5, 5.41) is 11.5. The highest BCUT2D eigenvalue weighted by atomic mass is 32.1. The van der Waals surface area contributed by atoms with Crippen LogP contribution in [0.25, 0.3) is 17.4 Å². The first-order valence-electron chi connectivity index (χ1n) is 10.3. The molecule has 1 aromatic heterocycles. The Hall–Kier alpha value is -4.51. The quantitative estimate of drug-likeness (QED) is 0.158. The Morgan fingerprint density at radius 3 is 2.49 bits per heavy atom. The molecule has 11 heteroatoms. The molecule has 1 aliphatic heterocycles. The Balaban J connectivity index is 1.73. The summed E-state index contributed by atoms with van der Waals surface area (Å²) >= 11 is 5.51. The number of hydrogen-bond acceptors (Lipinski definition) is 8. The second-order valence-corrected chi connectivity index (χ2v) is 7.65. The van der Waals surface area contributed by atoms with Crippen LogP contribution in [-0.4, -0.2) is 47.6 Å². The van der Waals surface area contributed by atoms with Gasteiger partial charge in [-0.3, -0.25) is 24.6 Å². The van der Waals surface area contributed by atoms with Gasteiger partial charge in [0.2, 0.25) is 0 Å². The molecule has 4 rings (SSSR count). The summed E-state index contributed by atoms with van der Waals surface area (Å²) in [7, 11) is 2.76. The molecule has 0 spiro atoms. The predicted octanol–water partition coefficient (Wildman–Crippen LogP) is 4.01. The van der Waals surface area contributed by atoms with Gasteiger partial charge in [0.15, 0.2) is 5.11 Å². The molecule has 1 aliphatic rings. The zero-order chi connectivity index (χ0) is 25.1. The van der Waals surface area contributed by atoms with Gasteiger partial charge < -0.3 is 18.8 Å². The molecule has 3 aromatic rings. The van der Waals surface area contributed by atoms with Crippen molar-refractivity contribution in [2.45, 2.75) is 0 Å². The van der Waals surface area contributed by atoms with Crippen LogP contribution in [-0.2, 0) is 14.3 Å². The van der Waals surface area contributed by atoms with Crippen molar-refractivity contribution in [1.29, 1.82) is 0 Å². The van der Waals surface area contributed by atoms with Gasteiger partial charge in [0.25, 0.3) is 11.6 Å². The van der Waals surface area contributed by atoms with E-state index in [1.165, 1.54) is 36.2 Å². The molecule has 0 unspecified atom stereocenters. The van der Waals surface area contributed by atoms with Crippen molar-refractivity contribution in [3.05, 3.63) is 82.2 Å². The summed E-state index contributed by atoms with van der Waals surface area (Å²) in [5.41, 5.74) is 0.748. The molecule has 10 nitrogen and oxygen atoms in total. The van der Waals surface area contributed by atoms with Crippen LogP contribution in [0.4, 0.5) is 11.4 Å².